The number of hydrogen-bond acceptors (Lipinski definition) is 3. The Kier molecular flexibility index (Phi) is 4.02. The van der Waals surface area contributed by atoms with Gasteiger partial charge in [0.15, 0.2) is 0 Å². The maximum atomic E-state index is 8.34. The first-order valence-corrected chi connectivity index (χ1v) is 2.97. The molecule has 0 amide bonds. The third-order valence-corrected chi connectivity index (χ3v) is 0.934. The Morgan fingerprint density at radius 3 is 2.56 bits per heavy atom. The Balaban J connectivity index is 3.19. The van der Waals surface area contributed by atoms with Crippen LogP contribution in [0.25, 0.3) is 0 Å². The van der Waals surface area contributed by atoms with Crippen molar-refractivity contribution in [3.8, 4) is 6.07 Å². The molecule has 3 heteroatoms. The number of rotatable bonds is 3. The lowest BCUT2D eigenvalue weighted by atomic mass is 10.2. The lowest BCUT2D eigenvalue weighted by Gasteiger charge is -2.11. The van der Waals surface area contributed by atoms with E-state index < -0.39 is 0 Å². The summed E-state index contributed by atoms with van der Waals surface area (Å²) in [6, 6.07) is 2.13. The molecule has 0 saturated heterocycles. The summed E-state index contributed by atoms with van der Waals surface area (Å²) in [4.78, 5) is 0. The largest absolute Gasteiger partial charge is 0.254 e. The maximum Gasteiger partial charge on any atom is 0.0666 e. The zero-order valence-corrected chi connectivity index (χ0v) is 6.18. The molecule has 0 aliphatic rings. The molecule has 0 heterocycles. The van der Waals surface area contributed by atoms with Crippen LogP contribution in [0.2, 0.25) is 0 Å². The van der Waals surface area contributed by atoms with Crippen LogP contribution >= 0.6 is 0 Å². The lowest BCUT2D eigenvalue weighted by molar-refractivity contribution is 0.279. The van der Waals surface area contributed by atoms with Gasteiger partial charge >= 0.3 is 0 Å². The highest BCUT2D eigenvalue weighted by Gasteiger charge is 1.96. The van der Waals surface area contributed by atoms with E-state index in [1.54, 1.807) is 0 Å². The first-order valence-electron chi connectivity index (χ1n) is 2.97. The number of hydrogen-bond donors (Lipinski definition) is 1. The first kappa shape index (κ1) is 8.41. The van der Waals surface area contributed by atoms with E-state index >= 15 is 0 Å². The second kappa shape index (κ2) is 4.30. The van der Waals surface area contributed by atoms with Gasteiger partial charge in [-0.05, 0) is 6.92 Å². The normalized spacial score (nSPS) is 13.2. The average Bonchev–Trinajstić information content (AvgIpc) is 1.83. The highest BCUT2D eigenvalue weighted by atomic mass is 15.5. The van der Waals surface area contributed by atoms with Crippen molar-refractivity contribution in [2.75, 3.05) is 20.6 Å². The van der Waals surface area contributed by atoms with Crippen LogP contribution in [0.4, 0.5) is 0 Å². The van der Waals surface area contributed by atoms with Crippen LogP contribution in [0, 0.1) is 17.2 Å². The van der Waals surface area contributed by atoms with Gasteiger partial charge in [0, 0.05) is 20.6 Å². The fourth-order valence-corrected chi connectivity index (χ4v) is 0.365. The van der Waals surface area contributed by atoms with Crippen LogP contribution < -0.4 is 5.43 Å². The molecule has 0 saturated carbocycles. The minimum Gasteiger partial charge on any atom is -0.254 e. The van der Waals surface area contributed by atoms with Gasteiger partial charge in [0.2, 0.25) is 0 Å². The van der Waals surface area contributed by atoms with Gasteiger partial charge in [0.05, 0.1) is 12.0 Å². The molecule has 0 aromatic carbocycles. The smallest absolute Gasteiger partial charge is 0.0666 e. The molecular formula is C6H13N3. The molecular weight excluding hydrogens is 114 g/mol. The molecule has 1 N–H and O–H groups in total. The van der Waals surface area contributed by atoms with Gasteiger partial charge in [-0.3, -0.25) is 10.4 Å². The van der Waals surface area contributed by atoms with Crippen molar-refractivity contribution >= 4 is 0 Å². The minimum absolute atomic E-state index is 0.0902. The number of nitrogens with one attached hydrogen (secondary N) is 1. The minimum atomic E-state index is 0.0902. The second-order valence-corrected chi connectivity index (χ2v) is 2.29. The molecule has 0 rings (SSSR count). The van der Waals surface area contributed by atoms with Gasteiger partial charge in [-0.2, -0.15) is 5.26 Å². The van der Waals surface area contributed by atoms with Crippen LogP contribution in [0.5, 0.6) is 0 Å². The van der Waals surface area contributed by atoms with E-state index in [0.29, 0.717) is 0 Å². The molecule has 0 spiro atoms. The quantitative estimate of drug-likeness (QED) is 0.551. The van der Waals surface area contributed by atoms with Crippen molar-refractivity contribution in [2.45, 2.75) is 6.92 Å². The van der Waals surface area contributed by atoms with Gasteiger partial charge in [0.1, 0.15) is 0 Å². The molecule has 0 aliphatic carbocycles. The van der Waals surface area contributed by atoms with Gasteiger partial charge in [-0.1, -0.05) is 0 Å². The lowest BCUT2D eigenvalue weighted by Crippen LogP contribution is -2.33. The van der Waals surface area contributed by atoms with Gasteiger partial charge < -0.3 is 0 Å². The maximum absolute atomic E-state index is 8.34. The van der Waals surface area contributed by atoms with Crippen LogP contribution in [-0.2, 0) is 0 Å². The Hall–Kier alpha value is -0.590. The third kappa shape index (κ3) is 5.28. The predicted octanol–water partition coefficient (Wildman–Crippen LogP) is 0.212. The van der Waals surface area contributed by atoms with E-state index in [0.717, 1.165) is 6.54 Å². The van der Waals surface area contributed by atoms with E-state index in [4.69, 9.17) is 5.26 Å². The topological polar surface area (TPSA) is 39.1 Å². The predicted molar refractivity (Wildman–Crippen MR) is 36.5 cm³/mol. The zero-order chi connectivity index (χ0) is 7.28. The van der Waals surface area contributed by atoms with Crippen molar-refractivity contribution in [1.82, 2.24) is 10.4 Å². The summed E-state index contributed by atoms with van der Waals surface area (Å²) in [7, 11) is 3.81. The molecule has 0 bridgehead atoms. The molecule has 0 radical (unpaired) electrons. The molecule has 52 valence electrons. The summed E-state index contributed by atoms with van der Waals surface area (Å²) in [5, 5.41) is 10.2. The van der Waals surface area contributed by atoms with Gasteiger partial charge in [0.25, 0.3) is 0 Å². The number of nitrogens with zero attached hydrogens (tertiary/aromatic N) is 2. The highest BCUT2D eigenvalue weighted by Crippen LogP contribution is 1.86. The fraction of sp³-hybridized carbons (Fsp3) is 0.833. The summed E-state index contributed by atoms with van der Waals surface area (Å²) >= 11 is 0. The summed E-state index contributed by atoms with van der Waals surface area (Å²) in [5.41, 5.74) is 3.01. The van der Waals surface area contributed by atoms with E-state index in [1.807, 2.05) is 26.0 Å². The highest BCUT2D eigenvalue weighted by molar-refractivity contribution is 4.79. The number of hydrazine groups is 1. The van der Waals surface area contributed by atoms with E-state index in [9.17, 15) is 0 Å². The Morgan fingerprint density at radius 2 is 2.22 bits per heavy atom. The van der Waals surface area contributed by atoms with Crippen LogP contribution in [0.15, 0.2) is 0 Å². The molecule has 0 fully saturated rings. The third-order valence-electron chi connectivity index (χ3n) is 0.934. The summed E-state index contributed by atoms with van der Waals surface area (Å²) in [6.45, 7) is 2.61. The van der Waals surface area contributed by atoms with Crippen molar-refractivity contribution < 1.29 is 0 Å². The van der Waals surface area contributed by atoms with Crippen LogP contribution in [0.3, 0.4) is 0 Å². The molecule has 9 heavy (non-hydrogen) atoms. The van der Waals surface area contributed by atoms with E-state index in [-0.39, 0.29) is 5.92 Å². The Bertz CT molecular complexity index is 103. The van der Waals surface area contributed by atoms with Crippen LogP contribution in [0.1, 0.15) is 6.92 Å². The average molecular weight is 127 g/mol. The van der Waals surface area contributed by atoms with Crippen molar-refractivity contribution in [3.63, 3.8) is 0 Å². The monoisotopic (exact) mass is 127 g/mol. The molecule has 0 aromatic heterocycles. The molecule has 1 unspecified atom stereocenters. The summed E-state index contributed by atoms with van der Waals surface area (Å²) in [5.74, 6) is 0.0902. The van der Waals surface area contributed by atoms with Gasteiger partial charge in [-0.25, -0.2) is 0 Å². The Labute approximate surface area is 56.2 Å². The summed E-state index contributed by atoms with van der Waals surface area (Å²) < 4.78 is 0. The number of nitriles is 1. The van der Waals surface area contributed by atoms with E-state index in [1.165, 1.54) is 0 Å². The standard InChI is InChI=1S/C6H13N3/c1-6(4-7)5-8-9(2)3/h6,8H,5H2,1-3H3. The van der Waals surface area contributed by atoms with Crippen molar-refractivity contribution in [2.24, 2.45) is 5.92 Å². The molecule has 1 atom stereocenters. The van der Waals surface area contributed by atoms with Crippen LogP contribution in [-0.4, -0.2) is 25.6 Å². The fourth-order valence-electron chi connectivity index (χ4n) is 0.365. The van der Waals surface area contributed by atoms with Gasteiger partial charge in [-0.15, -0.1) is 0 Å². The molecule has 0 aliphatic heterocycles. The molecule has 0 aromatic rings. The summed E-state index contributed by atoms with van der Waals surface area (Å²) in [6.07, 6.45) is 0. The first-order chi connectivity index (χ1) is 4.16. The zero-order valence-electron chi connectivity index (χ0n) is 6.18. The van der Waals surface area contributed by atoms with Crippen molar-refractivity contribution in [1.29, 1.82) is 5.26 Å². The van der Waals surface area contributed by atoms with Crippen molar-refractivity contribution in [3.05, 3.63) is 0 Å². The Morgan fingerprint density at radius 1 is 1.67 bits per heavy atom. The second-order valence-electron chi connectivity index (χ2n) is 2.29. The molecule has 3 nitrogen and oxygen atoms in total. The van der Waals surface area contributed by atoms with E-state index in [2.05, 4.69) is 11.5 Å². The SMILES string of the molecule is CC(C#N)CNN(C)C.